The largest absolute Gasteiger partial charge is 0.492 e. The van der Waals surface area contributed by atoms with Crippen molar-refractivity contribution in [3.63, 3.8) is 0 Å². The Balaban J connectivity index is 1.29. The van der Waals surface area contributed by atoms with Crippen molar-refractivity contribution in [1.82, 2.24) is 20.2 Å². The second kappa shape index (κ2) is 8.73. The smallest absolute Gasteiger partial charge is 0.252 e. The summed E-state index contributed by atoms with van der Waals surface area (Å²) in [6.45, 7) is 3.74. The summed E-state index contributed by atoms with van der Waals surface area (Å²) >= 11 is 1.61. The Morgan fingerprint density at radius 3 is 2.80 bits per heavy atom. The summed E-state index contributed by atoms with van der Waals surface area (Å²) in [5, 5.41) is 7.39. The third-order valence-electron chi connectivity index (χ3n) is 7.35. The Labute approximate surface area is 209 Å². The maximum absolute atomic E-state index is 13.6. The van der Waals surface area contributed by atoms with Crippen LogP contribution in [0.2, 0.25) is 0 Å². The third kappa shape index (κ3) is 4.19. The van der Waals surface area contributed by atoms with E-state index in [4.69, 9.17) is 4.74 Å². The molecule has 35 heavy (non-hydrogen) atoms. The van der Waals surface area contributed by atoms with Crippen LogP contribution in [0.4, 0.5) is 0 Å². The Morgan fingerprint density at radius 2 is 2.09 bits per heavy atom. The van der Waals surface area contributed by atoms with Gasteiger partial charge in [-0.3, -0.25) is 14.7 Å². The summed E-state index contributed by atoms with van der Waals surface area (Å²) in [6.07, 6.45) is 6.58. The van der Waals surface area contributed by atoms with Gasteiger partial charge < -0.3 is 10.1 Å². The van der Waals surface area contributed by atoms with Crippen LogP contribution in [0.25, 0.3) is 21.5 Å². The molecular weight excluding hydrogens is 456 g/mol. The highest BCUT2D eigenvalue weighted by Gasteiger charge is 2.47. The molecule has 0 bridgehead atoms. The number of fused-ring (bicyclic) bond motifs is 1. The van der Waals surface area contributed by atoms with Gasteiger partial charge in [0, 0.05) is 40.3 Å². The van der Waals surface area contributed by atoms with Crippen LogP contribution < -0.4 is 10.1 Å². The van der Waals surface area contributed by atoms with E-state index in [1.165, 1.54) is 0 Å². The van der Waals surface area contributed by atoms with Crippen LogP contribution in [-0.4, -0.2) is 47.0 Å². The van der Waals surface area contributed by atoms with Gasteiger partial charge in [-0.05, 0) is 81.2 Å². The van der Waals surface area contributed by atoms with E-state index < -0.39 is 5.54 Å². The molecule has 1 N–H and O–H groups in total. The Bertz CT molecular complexity index is 1400. The minimum atomic E-state index is -0.399. The second-order valence-corrected chi connectivity index (χ2v) is 10.6. The summed E-state index contributed by atoms with van der Waals surface area (Å²) in [6, 6.07) is 14.6. The molecule has 4 aromatic rings. The van der Waals surface area contributed by atoms with Gasteiger partial charge in [-0.2, -0.15) is 0 Å². The van der Waals surface area contributed by atoms with Crippen LogP contribution in [0, 0.1) is 6.92 Å². The zero-order chi connectivity index (χ0) is 24.0. The van der Waals surface area contributed by atoms with Crippen molar-refractivity contribution in [2.45, 2.75) is 37.8 Å². The first-order valence-corrected chi connectivity index (χ1v) is 13.0. The molecule has 0 radical (unpaired) electrons. The number of thiazole rings is 1. The lowest BCUT2D eigenvalue weighted by Gasteiger charge is -2.37. The van der Waals surface area contributed by atoms with Crippen molar-refractivity contribution in [3.05, 3.63) is 76.9 Å². The third-order valence-corrected chi connectivity index (χ3v) is 8.18. The van der Waals surface area contributed by atoms with E-state index >= 15 is 0 Å². The van der Waals surface area contributed by atoms with E-state index in [9.17, 15) is 4.79 Å². The molecule has 2 aromatic heterocycles. The highest BCUT2D eigenvalue weighted by Crippen LogP contribution is 2.49. The summed E-state index contributed by atoms with van der Waals surface area (Å²) in [5.74, 6) is 0.675. The number of benzene rings is 2. The molecule has 1 aliphatic carbocycles. The first kappa shape index (κ1) is 22.2. The van der Waals surface area contributed by atoms with Crippen molar-refractivity contribution in [1.29, 1.82) is 0 Å². The summed E-state index contributed by atoms with van der Waals surface area (Å²) < 4.78 is 6.04. The summed E-state index contributed by atoms with van der Waals surface area (Å²) in [5.41, 5.74) is 4.27. The number of pyridine rings is 1. The molecule has 2 aliphatic rings. The zero-order valence-electron chi connectivity index (χ0n) is 20.0. The monoisotopic (exact) mass is 484 g/mol. The highest BCUT2D eigenvalue weighted by molar-refractivity contribution is 7.13. The van der Waals surface area contributed by atoms with Gasteiger partial charge in [0.25, 0.3) is 5.91 Å². The van der Waals surface area contributed by atoms with Crippen LogP contribution in [0.3, 0.4) is 0 Å². The zero-order valence-corrected chi connectivity index (χ0v) is 20.8. The Hall–Kier alpha value is -3.29. The number of likely N-dealkylation sites (N-methyl/N-ethyl adjacent to an activating group) is 1. The summed E-state index contributed by atoms with van der Waals surface area (Å²) in [4.78, 5) is 25.0. The van der Waals surface area contributed by atoms with Crippen LogP contribution in [0.5, 0.6) is 5.75 Å². The number of nitrogens with one attached hydrogen (secondary N) is 1. The van der Waals surface area contributed by atoms with E-state index in [1.54, 1.807) is 11.3 Å². The highest BCUT2D eigenvalue weighted by atomic mass is 32.1. The van der Waals surface area contributed by atoms with Crippen molar-refractivity contribution in [3.8, 4) is 16.3 Å². The standard InChI is InChI=1S/C28H28N4O2S/c1-18-5-6-21(34-17-20-7-12-32(20)2)16-23(18)26(33)31-28(8-9-28)24-14-19(27-30-11-13-35-27)15-25-22(24)4-3-10-29-25/h3-6,10-11,13-16,20H,7-9,12,17H2,1-2H3,(H,31,33). The lowest BCUT2D eigenvalue weighted by Crippen LogP contribution is -2.48. The number of likely N-dealkylation sites (tertiary alicyclic amines) is 1. The van der Waals surface area contributed by atoms with Gasteiger partial charge in [0.05, 0.1) is 11.1 Å². The van der Waals surface area contributed by atoms with Crippen LogP contribution in [-0.2, 0) is 5.54 Å². The maximum Gasteiger partial charge on any atom is 0.252 e. The molecule has 1 saturated carbocycles. The predicted octanol–water partition coefficient (Wildman–Crippen LogP) is 5.17. The number of hydrogen-bond donors (Lipinski definition) is 1. The van der Waals surface area contributed by atoms with Gasteiger partial charge in [0.15, 0.2) is 0 Å². The number of aromatic nitrogens is 2. The van der Waals surface area contributed by atoms with Crippen LogP contribution in [0.1, 0.15) is 40.7 Å². The lowest BCUT2D eigenvalue weighted by atomic mass is 9.95. The number of ether oxygens (including phenoxy) is 1. The number of nitrogens with zero attached hydrogens (tertiary/aromatic N) is 3. The minimum absolute atomic E-state index is 0.0668. The van der Waals surface area contributed by atoms with Crippen LogP contribution >= 0.6 is 11.3 Å². The van der Waals surface area contributed by atoms with E-state index in [1.807, 2.05) is 49.0 Å². The van der Waals surface area contributed by atoms with Gasteiger partial charge in [-0.1, -0.05) is 12.1 Å². The average molecular weight is 485 g/mol. The van der Waals surface area contributed by atoms with E-state index in [0.717, 1.165) is 64.2 Å². The fraction of sp³-hybridized carbons (Fsp3) is 0.321. The van der Waals surface area contributed by atoms with Crippen molar-refractivity contribution >= 4 is 28.1 Å². The van der Waals surface area contributed by atoms with E-state index in [-0.39, 0.29) is 5.91 Å². The SMILES string of the molecule is Cc1ccc(OCC2CCN2C)cc1C(=O)NC1(c2cc(-c3nccs3)cc3ncccc23)CC1. The number of hydrogen-bond acceptors (Lipinski definition) is 6. The molecule has 0 spiro atoms. The number of aryl methyl sites for hydroxylation is 1. The summed E-state index contributed by atoms with van der Waals surface area (Å²) in [7, 11) is 2.11. The molecule has 6 nitrogen and oxygen atoms in total. The van der Waals surface area contributed by atoms with E-state index in [0.29, 0.717) is 18.2 Å². The van der Waals surface area contributed by atoms with Gasteiger partial charge in [-0.15, -0.1) is 11.3 Å². The number of carbonyl (C=O) groups excluding carboxylic acids is 1. The molecule has 6 rings (SSSR count). The molecule has 3 heterocycles. The topological polar surface area (TPSA) is 67.3 Å². The lowest BCUT2D eigenvalue weighted by molar-refractivity contribution is 0.0767. The first-order valence-electron chi connectivity index (χ1n) is 12.1. The normalized spacial score (nSPS) is 18.7. The van der Waals surface area contributed by atoms with Gasteiger partial charge in [-0.25, -0.2) is 4.98 Å². The average Bonchev–Trinajstić information content (AvgIpc) is 3.42. The molecule has 1 unspecified atom stereocenters. The Kier molecular flexibility index (Phi) is 5.54. The number of carbonyl (C=O) groups is 1. The van der Waals surface area contributed by atoms with Gasteiger partial charge in [0.1, 0.15) is 17.4 Å². The van der Waals surface area contributed by atoms with E-state index in [2.05, 4.69) is 45.4 Å². The fourth-order valence-corrected chi connectivity index (χ4v) is 5.47. The molecule has 2 aromatic carbocycles. The Morgan fingerprint density at radius 1 is 1.20 bits per heavy atom. The molecular formula is C28H28N4O2S. The van der Waals surface area contributed by atoms with Crippen molar-refractivity contribution in [2.75, 3.05) is 20.2 Å². The molecule has 2 fully saturated rings. The van der Waals surface area contributed by atoms with Gasteiger partial charge in [0.2, 0.25) is 0 Å². The minimum Gasteiger partial charge on any atom is -0.492 e. The van der Waals surface area contributed by atoms with Crippen molar-refractivity contribution in [2.24, 2.45) is 0 Å². The predicted molar refractivity (Wildman–Crippen MR) is 139 cm³/mol. The maximum atomic E-state index is 13.6. The number of rotatable bonds is 7. The molecule has 7 heteroatoms. The number of amides is 1. The molecule has 1 aliphatic heterocycles. The first-order chi connectivity index (χ1) is 17.0. The molecule has 1 amide bonds. The van der Waals surface area contributed by atoms with Crippen molar-refractivity contribution < 1.29 is 9.53 Å². The second-order valence-electron chi connectivity index (χ2n) is 9.68. The molecule has 1 saturated heterocycles. The van der Waals surface area contributed by atoms with Gasteiger partial charge >= 0.3 is 0 Å². The molecule has 1 atom stereocenters. The van der Waals surface area contributed by atoms with Crippen LogP contribution in [0.15, 0.2) is 60.2 Å². The fourth-order valence-electron chi connectivity index (χ4n) is 4.85. The molecule has 178 valence electrons. The quantitative estimate of drug-likeness (QED) is 0.392.